The number of fused-ring (bicyclic) bond motifs is 2. The number of ether oxygens (including phenoxy) is 1. The van der Waals surface area contributed by atoms with Crippen molar-refractivity contribution in [1.82, 2.24) is 10.2 Å². The quantitative estimate of drug-likeness (QED) is 0.854. The molecule has 0 fully saturated rings. The third kappa shape index (κ3) is 3.49. The number of amides is 2. The Balaban J connectivity index is 1.44. The second-order valence-corrected chi connectivity index (χ2v) is 8.73. The third-order valence-corrected chi connectivity index (χ3v) is 6.79. The highest BCUT2D eigenvalue weighted by Gasteiger charge is 2.34. The summed E-state index contributed by atoms with van der Waals surface area (Å²) in [5.41, 5.74) is 1.48. The van der Waals surface area contributed by atoms with Gasteiger partial charge in [0.25, 0.3) is 0 Å². The Morgan fingerprint density at radius 3 is 2.93 bits per heavy atom. The number of halogens is 1. The average Bonchev–Trinajstić information content (AvgIpc) is 2.79. The molecule has 2 aromatic rings. The van der Waals surface area contributed by atoms with E-state index >= 15 is 0 Å². The van der Waals surface area contributed by atoms with E-state index in [-0.39, 0.29) is 36.7 Å². The van der Waals surface area contributed by atoms with E-state index in [0.29, 0.717) is 23.7 Å². The largest absolute Gasteiger partial charge is 0.491 e. The minimum absolute atomic E-state index is 0.00213. The van der Waals surface area contributed by atoms with E-state index in [9.17, 15) is 17.6 Å². The van der Waals surface area contributed by atoms with E-state index in [1.54, 1.807) is 35.2 Å². The molecule has 4 rings (SSSR count). The molecule has 0 spiro atoms. The minimum Gasteiger partial charge on any atom is -0.491 e. The van der Waals surface area contributed by atoms with Crippen molar-refractivity contribution in [3.63, 3.8) is 0 Å². The predicted molar refractivity (Wildman–Crippen MR) is 96.9 cm³/mol. The molecule has 142 valence electrons. The summed E-state index contributed by atoms with van der Waals surface area (Å²) in [5, 5.41) is 2.84. The zero-order chi connectivity index (χ0) is 19.0. The summed E-state index contributed by atoms with van der Waals surface area (Å²) in [6, 6.07) is 10.9. The zero-order valence-corrected chi connectivity index (χ0v) is 15.3. The van der Waals surface area contributed by atoms with Crippen LogP contribution < -0.4 is 10.1 Å². The van der Waals surface area contributed by atoms with Crippen LogP contribution in [0.4, 0.5) is 9.18 Å². The van der Waals surface area contributed by atoms with Crippen molar-refractivity contribution in [2.75, 3.05) is 25.4 Å². The lowest BCUT2D eigenvalue weighted by Gasteiger charge is -2.21. The summed E-state index contributed by atoms with van der Waals surface area (Å²) in [5.74, 6) is -0.202. The summed E-state index contributed by atoms with van der Waals surface area (Å²) in [7, 11) is -3.30. The number of nitrogens with one attached hydrogen (secondary N) is 1. The fraction of sp³-hybridized carbons (Fsp3) is 0.316. The molecule has 0 saturated carbocycles. The maximum atomic E-state index is 13.3. The van der Waals surface area contributed by atoms with Crippen molar-refractivity contribution >= 4 is 15.9 Å². The Kier molecular flexibility index (Phi) is 4.51. The van der Waals surface area contributed by atoms with Gasteiger partial charge >= 0.3 is 6.03 Å². The molecule has 1 unspecified atom stereocenters. The van der Waals surface area contributed by atoms with Crippen LogP contribution in [0.5, 0.6) is 5.75 Å². The molecule has 2 aliphatic heterocycles. The standard InChI is InChI=1S/C19H19FN2O4S/c20-15-6-5-13-11-22(7-8-26-17(13)9-15)19(23)21-10-14-12-27(24,25)18-4-2-1-3-16(14)18/h1-6,9,14H,7-8,10-12H2,(H,21,23). The molecule has 2 aliphatic rings. The van der Waals surface area contributed by atoms with Crippen LogP contribution in [0.25, 0.3) is 0 Å². The number of carbonyl (C=O) groups excluding carboxylic acids is 1. The van der Waals surface area contributed by atoms with Crippen LogP contribution in [0.3, 0.4) is 0 Å². The van der Waals surface area contributed by atoms with Crippen molar-refractivity contribution in [1.29, 1.82) is 0 Å². The lowest BCUT2D eigenvalue weighted by molar-refractivity contribution is 0.187. The van der Waals surface area contributed by atoms with E-state index in [1.807, 2.05) is 0 Å². The van der Waals surface area contributed by atoms with E-state index in [4.69, 9.17) is 4.74 Å². The highest BCUT2D eigenvalue weighted by Crippen LogP contribution is 2.34. The lowest BCUT2D eigenvalue weighted by Crippen LogP contribution is -2.42. The predicted octanol–water partition coefficient (Wildman–Crippen LogP) is 2.30. The topological polar surface area (TPSA) is 75.7 Å². The summed E-state index contributed by atoms with van der Waals surface area (Å²) in [6.45, 7) is 1.18. The summed E-state index contributed by atoms with van der Waals surface area (Å²) < 4.78 is 43.4. The normalized spacial score (nSPS) is 20.2. The number of urea groups is 1. The second-order valence-electron chi connectivity index (χ2n) is 6.72. The van der Waals surface area contributed by atoms with Gasteiger partial charge in [-0.3, -0.25) is 0 Å². The van der Waals surface area contributed by atoms with Crippen molar-refractivity contribution in [2.24, 2.45) is 0 Å². The molecular formula is C19H19FN2O4S. The molecule has 6 nitrogen and oxygen atoms in total. The molecule has 2 heterocycles. The van der Waals surface area contributed by atoms with Crippen molar-refractivity contribution < 1.29 is 22.3 Å². The molecule has 0 saturated heterocycles. The number of sulfone groups is 1. The molecule has 1 N–H and O–H groups in total. The molecule has 0 bridgehead atoms. The Bertz CT molecular complexity index is 993. The first-order valence-corrected chi connectivity index (χ1v) is 10.3. The van der Waals surface area contributed by atoms with Crippen LogP contribution in [-0.2, 0) is 16.4 Å². The van der Waals surface area contributed by atoms with Gasteiger partial charge in [0.2, 0.25) is 0 Å². The first-order chi connectivity index (χ1) is 12.9. The van der Waals surface area contributed by atoms with E-state index < -0.39 is 9.84 Å². The van der Waals surface area contributed by atoms with Crippen molar-refractivity contribution in [2.45, 2.75) is 17.4 Å². The maximum Gasteiger partial charge on any atom is 0.317 e. The molecular weight excluding hydrogens is 371 g/mol. The van der Waals surface area contributed by atoms with Crippen LogP contribution >= 0.6 is 0 Å². The monoisotopic (exact) mass is 390 g/mol. The molecule has 0 aliphatic carbocycles. The van der Waals surface area contributed by atoms with Crippen molar-refractivity contribution in [3.8, 4) is 5.75 Å². The Morgan fingerprint density at radius 2 is 2.07 bits per heavy atom. The smallest absolute Gasteiger partial charge is 0.317 e. The Morgan fingerprint density at radius 1 is 1.26 bits per heavy atom. The third-order valence-electron chi connectivity index (χ3n) is 4.91. The highest BCUT2D eigenvalue weighted by molar-refractivity contribution is 7.91. The molecule has 1 atom stereocenters. The van der Waals surface area contributed by atoms with Gasteiger partial charge in [0.15, 0.2) is 9.84 Å². The van der Waals surface area contributed by atoms with Crippen LogP contribution in [-0.4, -0.2) is 44.8 Å². The molecule has 2 amide bonds. The van der Waals surface area contributed by atoms with Gasteiger partial charge in [0.1, 0.15) is 18.2 Å². The zero-order valence-electron chi connectivity index (χ0n) is 14.5. The maximum absolute atomic E-state index is 13.3. The van der Waals surface area contributed by atoms with Gasteiger partial charge in [0.05, 0.1) is 23.7 Å². The van der Waals surface area contributed by atoms with Crippen LogP contribution in [0.2, 0.25) is 0 Å². The first kappa shape index (κ1) is 17.8. The summed E-state index contributed by atoms with van der Waals surface area (Å²) in [4.78, 5) is 14.5. The number of nitrogens with zero attached hydrogens (tertiary/aromatic N) is 1. The molecule has 2 aromatic carbocycles. The Labute approximate surface area is 156 Å². The van der Waals surface area contributed by atoms with E-state index in [2.05, 4.69) is 5.32 Å². The first-order valence-electron chi connectivity index (χ1n) is 8.70. The fourth-order valence-electron chi connectivity index (χ4n) is 3.55. The van der Waals surface area contributed by atoms with Crippen molar-refractivity contribution in [3.05, 3.63) is 59.4 Å². The lowest BCUT2D eigenvalue weighted by atomic mass is 10.0. The van der Waals surface area contributed by atoms with Gasteiger partial charge in [-0.05, 0) is 17.7 Å². The number of hydrogen-bond acceptors (Lipinski definition) is 4. The van der Waals surface area contributed by atoms with E-state index in [1.165, 1.54) is 12.1 Å². The van der Waals surface area contributed by atoms with Crippen LogP contribution in [0.15, 0.2) is 47.4 Å². The van der Waals surface area contributed by atoms with Crippen LogP contribution in [0.1, 0.15) is 17.0 Å². The minimum atomic E-state index is -3.30. The van der Waals surface area contributed by atoms with Gasteiger partial charge in [-0.15, -0.1) is 0 Å². The molecule has 8 heteroatoms. The van der Waals surface area contributed by atoms with Crippen LogP contribution in [0, 0.1) is 5.82 Å². The SMILES string of the molecule is O=C(NCC1CS(=O)(=O)c2ccccc21)N1CCOc2cc(F)ccc2C1. The summed E-state index contributed by atoms with van der Waals surface area (Å²) in [6.07, 6.45) is 0. The second kappa shape index (κ2) is 6.84. The molecule has 0 aromatic heterocycles. The fourth-order valence-corrected chi connectivity index (χ4v) is 5.44. The van der Waals surface area contributed by atoms with Gasteiger partial charge in [-0.1, -0.05) is 24.3 Å². The summed E-state index contributed by atoms with van der Waals surface area (Å²) >= 11 is 0. The number of carbonyl (C=O) groups is 1. The number of hydrogen-bond donors (Lipinski definition) is 1. The van der Waals surface area contributed by atoms with Gasteiger partial charge in [-0.2, -0.15) is 0 Å². The highest BCUT2D eigenvalue weighted by atomic mass is 32.2. The molecule has 27 heavy (non-hydrogen) atoms. The van der Waals surface area contributed by atoms with Gasteiger partial charge in [0, 0.05) is 24.1 Å². The molecule has 0 radical (unpaired) electrons. The number of benzene rings is 2. The number of rotatable bonds is 2. The van der Waals surface area contributed by atoms with Gasteiger partial charge < -0.3 is 15.0 Å². The average molecular weight is 390 g/mol. The Hall–Kier alpha value is -2.61. The van der Waals surface area contributed by atoms with Gasteiger partial charge in [-0.25, -0.2) is 17.6 Å². The van der Waals surface area contributed by atoms with E-state index in [0.717, 1.165) is 11.1 Å².